The molecule has 1 aromatic carbocycles. The van der Waals surface area contributed by atoms with Crippen molar-refractivity contribution in [3.8, 4) is 5.75 Å². The van der Waals surface area contributed by atoms with Crippen LogP contribution in [0.2, 0.25) is 0 Å². The summed E-state index contributed by atoms with van der Waals surface area (Å²) in [6.07, 6.45) is 3.31. The van der Waals surface area contributed by atoms with Gasteiger partial charge in [0, 0.05) is 11.8 Å². The van der Waals surface area contributed by atoms with Crippen molar-refractivity contribution in [2.45, 2.75) is 59.4 Å². The van der Waals surface area contributed by atoms with E-state index in [2.05, 4.69) is 0 Å². The zero-order valence-corrected chi connectivity index (χ0v) is 17.1. The van der Waals surface area contributed by atoms with Gasteiger partial charge in [0.1, 0.15) is 5.75 Å². The monoisotopic (exact) mass is 376 g/mol. The van der Waals surface area contributed by atoms with Gasteiger partial charge < -0.3 is 4.74 Å². The number of rotatable bonds is 6. The molecule has 0 bridgehead atoms. The Labute approximate surface area is 162 Å². The lowest BCUT2D eigenvalue weighted by Crippen LogP contribution is -2.67. The number of Topliss-reactive ketones (excluding diaryl/α,β-unsaturated/α-hetero) is 1. The maximum absolute atomic E-state index is 13.3. The standard InChI is InChI=1S/C21H30NO3S/c1-5-21(3,4)18(23)19(24)22(6-2)15-11-10-14-17(22)20(26)25-16-12-8-7-9-13-16/h7-9,12-13,17H,5-6,10-11,14-15H2,1-4H3/q+1. The number of thiocarbonyl (C=S) groups is 1. The number of ketones is 1. The van der Waals surface area contributed by atoms with Gasteiger partial charge in [-0.15, -0.1) is 0 Å². The molecular formula is C21H30NO3S+. The first-order valence-electron chi connectivity index (χ1n) is 9.51. The Morgan fingerprint density at radius 1 is 1.19 bits per heavy atom. The summed E-state index contributed by atoms with van der Waals surface area (Å²) in [4.78, 5) is 26.3. The van der Waals surface area contributed by atoms with Crippen LogP contribution in [0.3, 0.4) is 0 Å². The highest BCUT2D eigenvalue weighted by Gasteiger charge is 2.52. The Hall–Kier alpha value is -1.59. The first-order valence-corrected chi connectivity index (χ1v) is 9.92. The van der Waals surface area contributed by atoms with Crippen molar-refractivity contribution in [2.75, 3.05) is 13.1 Å². The number of hydrogen-bond donors (Lipinski definition) is 0. The summed E-state index contributed by atoms with van der Waals surface area (Å²) in [5.41, 5.74) is -0.651. The highest BCUT2D eigenvalue weighted by Crippen LogP contribution is 2.32. The number of amides is 1. The van der Waals surface area contributed by atoms with E-state index in [1.807, 2.05) is 58.0 Å². The fourth-order valence-corrected chi connectivity index (χ4v) is 3.96. The molecule has 1 aromatic rings. The Bertz CT molecular complexity index is 671. The van der Waals surface area contributed by atoms with E-state index in [-0.39, 0.29) is 22.2 Å². The van der Waals surface area contributed by atoms with Gasteiger partial charge in [-0.3, -0.25) is 4.79 Å². The van der Waals surface area contributed by atoms with Gasteiger partial charge in [-0.2, -0.15) is 0 Å². The second-order valence-electron chi connectivity index (χ2n) is 7.69. The third kappa shape index (κ3) is 4.04. The van der Waals surface area contributed by atoms with E-state index in [0.717, 1.165) is 19.3 Å². The second kappa shape index (κ2) is 8.40. The average Bonchev–Trinajstić information content (AvgIpc) is 2.67. The maximum Gasteiger partial charge on any atom is 0.382 e. The maximum atomic E-state index is 13.3. The Balaban J connectivity index is 2.32. The molecule has 1 saturated heterocycles. The number of carbonyl (C=O) groups is 2. The van der Waals surface area contributed by atoms with Gasteiger partial charge in [-0.05, 0) is 50.5 Å². The molecule has 5 heteroatoms. The summed E-state index contributed by atoms with van der Waals surface area (Å²) in [6.45, 7) is 8.79. The first kappa shape index (κ1) is 20.7. The molecule has 0 saturated carbocycles. The number of benzene rings is 1. The zero-order valence-electron chi connectivity index (χ0n) is 16.3. The van der Waals surface area contributed by atoms with Crippen LogP contribution in [-0.2, 0) is 9.59 Å². The number of hydrogen-bond acceptors (Lipinski definition) is 4. The van der Waals surface area contributed by atoms with Crippen molar-refractivity contribution >= 4 is 29.0 Å². The van der Waals surface area contributed by atoms with E-state index in [1.165, 1.54) is 0 Å². The van der Waals surface area contributed by atoms with Crippen LogP contribution in [0.15, 0.2) is 30.3 Å². The number of likely N-dealkylation sites (tertiary alicyclic amines) is 1. The predicted molar refractivity (Wildman–Crippen MR) is 107 cm³/mol. The molecule has 26 heavy (non-hydrogen) atoms. The van der Waals surface area contributed by atoms with E-state index < -0.39 is 5.41 Å². The highest BCUT2D eigenvalue weighted by atomic mass is 32.1. The van der Waals surface area contributed by atoms with Crippen LogP contribution in [0.1, 0.15) is 53.4 Å². The summed E-state index contributed by atoms with van der Waals surface area (Å²) in [7, 11) is 0. The van der Waals surface area contributed by atoms with Crippen LogP contribution in [-0.4, -0.2) is 40.4 Å². The smallest absolute Gasteiger partial charge is 0.382 e. The molecule has 2 rings (SSSR count). The van der Waals surface area contributed by atoms with Crippen molar-refractivity contribution in [3.63, 3.8) is 0 Å². The van der Waals surface area contributed by atoms with E-state index in [9.17, 15) is 9.59 Å². The minimum atomic E-state index is -0.651. The van der Waals surface area contributed by atoms with Gasteiger partial charge in [-0.1, -0.05) is 39.0 Å². The third-order valence-electron chi connectivity index (χ3n) is 5.78. The molecule has 0 spiro atoms. The van der Waals surface area contributed by atoms with Gasteiger partial charge in [0.15, 0.2) is 6.04 Å². The van der Waals surface area contributed by atoms with Gasteiger partial charge >= 0.3 is 5.91 Å². The molecule has 2 atom stereocenters. The van der Waals surface area contributed by atoms with Gasteiger partial charge in [0.2, 0.25) is 5.05 Å². The SMILES string of the molecule is CCC(C)(C)C(=O)C(=O)[N+]1(CC)CCCCC1C(=S)Oc1ccccc1. The number of ether oxygens (including phenoxy) is 1. The molecule has 0 radical (unpaired) electrons. The number of piperidine rings is 1. The minimum Gasteiger partial charge on any atom is -0.444 e. The fraction of sp³-hybridized carbons (Fsp3) is 0.571. The van der Waals surface area contributed by atoms with Gasteiger partial charge in [0.25, 0.3) is 5.78 Å². The van der Waals surface area contributed by atoms with Crippen molar-refractivity contribution in [1.82, 2.24) is 0 Å². The molecule has 0 N–H and O–H groups in total. The fourth-order valence-electron chi connectivity index (χ4n) is 3.54. The summed E-state index contributed by atoms with van der Waals surface area (Å²) < 4.78 is 6.00. The number of carbonyl (C=O) groups excluding carboxylic acids is 2. The molecule has 0 aliphatic carbocycles. The number of likely N-dealkylation sites (N-methyl/N-ethyl adjacent to an activating group) is 1. The highest BCUT2D eigenvalue weighted by molar-refractivity contribution is 7.80. The number of nitrogens with zero attached hydrogens (tertiary/aromatic N) is 1. The summed E-state index contributed by atoms with van der Waals surface area (Å²) in [5, 5.41) is 0.410. The van der Waals surface area contributed by atoms with Crippen molar-refractivity contribution in [3.05, 3.63) is 30.3 Å². The topological polar surface area (TPSA) is 43.4 Å². The van der Waals surface area contributed by atoms with E-state index in [0.29, 0.717) is 30.3 Å². The summed E-state index contributed by atoms with van der Waals surface area (Å²) in [6, 6.07) is 9.13. The summed E-state index contributed by atoms with van der Waals surface area (Å²) in [5.74, 6) is 0.0595. The van der Waals surface area contributed by atoms with Crippen LogP contribution in [0.5, 0.6) is 5.75 Å². The molecule has 4 nitrogen and oxygen atoms in total. The average molecular weight is 377 g/mol. The Kier molecular flexibility index (Phi) is 6.69. The molecule has 1 fully saturated rings. The Morgan fingerprint density at radius 2 is 1.85 bits per heavy atom. The first-order chi connectivity index (χ1) is 12.3. The lowest BCUT2D eigenvalue weighted by molar-refractivity contribution is -0.869. The lowest BCUT2D eigenvalue weighted by Gasteiger charge is -2.44. The van der Waals surface area contributed by atoms with Crippen LogP contribution in [0.4, 0.5) is 0 Å². The third-order valence-corrected chi connectivity index (χ3v) is 6.13. The van der Waals surface area contributed by atoms with Gasteiger partial charge in [-0.25, -0.2) is 9.28 Å². The summed E-state index contributed by atoms with van der Waals surface area (Å²) >= 11 is 5.60. The van der Waals surface area contributed by atoms with Crippen LogP contribution in [0, 0.1) is 5.41 Å². The second-order valence-corrected chi connectivity index (χ2v) is 8.09. The molecule has 1 amide bonds. The molecule has 142 valence electrons. The molecular weight excluding hydrogens is 346 g/mol. The molecule has 1 aliphatic rings. The van der Waals surface area contributed by atoms with Crippen LogP contribution < -0.4 is 4.74 Å². The zero-order chi connectivity index (χ0) is 19.4. The molecule has 1 heterocycles. The van der Waals surface area contributed by atoms with Crippen molar-refractivity contribution in [2.24, 2.45) is 5.41 Å². The molecule has 1 aliphatic heterocycles. The number of quaternary nitrogens is 1. The quantitative estimate of drug-likeness (QED) is 0.421. The van der Waals surface area contributed by atoms with E-state index in [4.69, 9.17) is 17.0 Å². The van der Waals surface area contributed by atoms with E-state index >= 15 is 0 Å². The number of para-hydroxylation sites is 1. The van der Waals surface area contributed by atoms with E-state index in [1.54, 1.807) is 0 Å². The molecule has 2 unspecified atom stereocenters. The van der Waals surface area contributed by atoms with Crippen LogP contribution in [0.25, 0.3) is 0 Å². The normalized spacial score (nSPS) is 23.3. The minimum absolute atomic E-state index is 0.0912. The largest absolute Gasteiger partial charge is 0.444 e. The predicted octanol–water partition coefficient (Wildman–Crippen LogP) is 4.31. The van der Waals surface area contributed by atoms with Crippen molar-refractivity contribution < 1.29 is 18.8 Å². The van der Waals surface area contributed by atoms with Crippen molar-refractivity contribution in [1.29, 1.82) is 0 Å². The van der Waals surface area contributed by atoms with Crippen LogP contribution >= 0.6 is 12.2 Å². The van der Waals surface area contributed by atoms with Gasteiger partial charge in [0.05, 0.1) is 13.1 Å². The Morgan fingerprint density at radius 3 is 2.42 bits per heavy atom. The lowest BCUT2D eigenvalue weighted by atomic mass is 9.83. The molecule has 0 aromatic heterocycles.